The van der Waals surface area contributed by atoms with Gasteiger partial charge in [-0.05, 0) is 91.2 Å². The minimum Gasteiger partial charge on any atom is -0.497 e. The highest BCUT2D eigenvalue weighted by Crippen LogP contribution is 2.80. The van der Waals surface area contributed by atoms with Gasteiger partial charge < -0.3 is 9.84 Å². The first kappa shape index (κ1) is 21.7. The van der Waals surface area contributed by atoms with E-state index >= 15 is 0 Å². The summed E-state index contributed by atoms with van der Waals surface area (Å²) in [6, 6.07) is 15.4. The van der Waals surface area contributed by atoms with Crippen LogP contribution in [0.15, 0.2) is 53.4 Å². The number of sulfone groups is 1. The van der Waals surface area contributed by atoms with Crippen molar-refractivity contribution >= 4 is 9.84 Å². The molecule has 0 spiro atoms. The van der Waals surface area contributed by atoms with E-state index < -0.39 is 26.1 Å². The Morgan fingerprint density at radius 3 is 2.52 bits per heavy atom. The maximum absolute atomic E-state index is 14.2. The summed E-state index contributed by atoms with van der Waals surface area (Å²) in [7, 11) is -1.89. The van der Waals surface area contributed by atoms with Crippen molar-refractivity contribution in [1.82, 2.24) is 0 Å². The van der Waals surface area contributed by atoms with Gasteiger partial charge in [0.25, 0.3) is 0 Å². The van der Waals surface area contributed by atoms with Crippen LogP contribution in [0.25, 0.3) is 0 Å². The number of aliphatic hydroxyl groups is 1. The van der Waals surface area contributed by atoms with Crippen LogP contribution in [0.3, 0.4) is 0 Å². The van der Waals surface area contributed by atoms with Crippen LogP contribution in [0.5, 0.6) is 5.75 Å². The Morgan fingerprint density at radius 2 is 1.79 bits per heavy atom. The molecule has 4 nitrogen and oxygen atoms in total. The minimum atomic E-state index is -3.59. The van der Waals surface area contributed by atoms with Crippen LogP contribution >= 0.6 is 0 Å². The molecule has 2 aromatic carbocycles. The average Bonchev–Trinajstić information content (AvgIpc) is 3.16. The lowest BCUT2D eigenvalue weighted by molar-refractivity contribution is -0.110. The molecule has 2 bridgehead atoms. The Morgan fingerprint density at radius 1 is 1.03 bits per heavy atom. The van der Waals surface area contributed by atoms with Crippen LogP contribution in [0, 0.1) is 22.7 Å². The van der Waals surface area contributed by atoms with Crippen molar-refractivity contribution in [3.8, 4) is 5.75 Å². The lowest BCUT2D eigenvalue weighted by atomic mass is 9.48. The first-order valence-corrected chi connectivity index (χ1v) is 13.9. The van der Waals surface area contributed by atoms with Crippen molar-refractivity contribution in [2.24, 2.45) is 22.7 Å². The fourth-order valence-electron chi connectivity index (χ4n) is 9.23. The van der Waals surface area contributed by atoms with Crippen molar-refractivity contribution in [1.29, 1.82) is 0 Å². The van der Waals surface area contributed by atoms with E-state index in [0.717, 1.165) is 37.9 Å². The van der Waals surface area contributed by atoms with Crippen molar-refractivity contribution in [2.75, 3.05) is 7.11 Å². The van der Waals surface area contributed by atoms with Gasteiger partial charge in [0.2, 0.25) is 0 Å². The number of aryl methyl sites for hydroxylation is 1. The Kier molecular flexibility index (Phi) is 4.50. The summed E-state index contributed by atoms with van der Waals surface area (Å²) >= 11 is 0. The van der Waals surface area contributed by atoms with E-state index in [1.54, 1.807) is 19.2 Å². The summed E-state index contributed by atoms with van der Waals surface area (Å²) in [5.41, 5.74) is 1.00. The fourth-order valence-corrected chi connectivity index (χ4v) is 11.9. The largest absolute Gasteiger partial charge is 0.497 e. The zero-order chi connectivity index (χ0) is 23.2. The molecule has 176 valence electrons. The highest BCUT2D eigenvalue weighted by atomic mass is 32.2. The number of hydrogen-bond donors (Lipinski definition) is 1. The summed E-state index contributed by atoms with van der Waals surface area (Å²) in [4.78, 5) is 0.401. The quantitative estimate of drug-likeness (QED) is 0.680. The molecule has 3 saturated carbocycles. The van der Waals surface area contributed by atoms with Crippen LogP contribution in [0.1, 0.15) is 63.0 Å². The third-order valence-corrected chi connectivity index (χ3v) is 13.0. The van der Waals surface area contributed by atoms with Gasteiger partial charge in [-0.25, -0.2) is 8.42 Å². The van der Waals surface area contributed by atoms with Gasteiger partial charge >= 0.3 is 0 Å². The molecule has 0 heterocycles. The predicted octanol–water partition coefficient (Wildman–Crippen LogP) is 5.14. The summed E-state index contributed by atoms with van der Waals surface area (Å²) in [6.07, 6.45) is 5.31. The van der Waals surface area contributed by atoms with Gasteiger partial charge in [0.1, 0.15) is 5.75 Å². The summed E-state index contributed by atoms with van der Waals surface area (Å²) in [5, 5.41) is 11.6. The summed E-state index contributed by atoms with van der Waals surface area (Å²) in [5.74, 6) is 1.21. The smallest absolute Gasteiger partial charge is 0.182 e. The highest BCUT2D eigenvalue weighted by Gasteiger charge is 2.81. The normalized spacial score (nSPS) is 41.2. The minimum absolute atomic E-state index is 0.264. The molecule has 3 fully saturated rings. The molecule has 5 heteroatoms. The molecule has 0 amide bonds. The Bertz CT molecular complexity index is 1210. The molecule has 7 atom stereocenters. The molecule has 2 aromatic rings. The topological polar surface area (TPSA) is 63.6 Å². The molecule has 6 rings (SSSR count). The van der Waals surface area contributed by atoms with Gasteiger partial charge in [0, 0.05) is 11.3 Å². The molecule has 0 radical (unpaired) electrons. The fraction of sp³-hybridized carbons (Fsp3) is 0.571. The number of benzene rings is 2. The molecule has 4 aliphatic carbocycles. The average molecular weight is 467 g/mol. The van der Waals surface area contributed by atoms with Crippen molar-refractivity contribution < 1.29 is 18.3 Å². The van der Waals surface area contributed by atoms with Gasteiger partial charge in [-0.15, -0.1) is 0 Å². The molecule has 0 saturated heterocycles. The van der Waals surface area contributed by atoms with Gasteiger partial charge in [0.05, 0.1) is 22.9 Å². The zero-order valence-electron chi connectivity index (χ0n) is 19.8. The van der Waals surface area contributed by atoms with Crippen LogP contribution in [-0.4, -0.2) is 31.5 Å². The molecular weight excluding hydrogens is 432 g/mol. The van der Waals surface area contributed by atoms with Crippen LogP contribution in [0.2, 0.25) is 0 Å². The highest BCUT2D eigenvalue weighted by molar-refractivity contribution is 7.92. The first-order chi connectivity index (χ1) is 15.7. The van der Waals surface area contributed by atoms with Crippen molar-refractivity contribution in [2.45, 2.75) is 74.0 Å². The first-order valence-electron chi connectivity index (χ1n) is 12.4. The van der Waals surface area contributed by atoms with Gasteiger partial charge in [-0.3, -0.25) is 0 Å². The molecule has 0 unspecified atom stereocenters. The number of fused-ring (bicyclic) bond motifs is 3. The van der Waals surface area contributed by atoms with E-state index in [4.69, 9.17) is 4.74 Å². The third kappa shape index (κ3) is 2.43. The number of ether oxygens (including phenoxy) is 1. The van der Waals surface area contributed by atoms with Gasteiger partial charge in [0.15, 0.2) is 9.84 Å². The van der Waals surface area contributed by atoms with Gasteiger partial charge in [-0.2, -0.15) is 0 Å². The predicted molar refractivity (Wildman–Crippen MR) is 128 cm³/mol. The van der Waals surface area contributed by atoms with E-state index in [0.29, 0.717) is 17.2 Å². The van der Waals surface area contributed by atoms with E-state index in [-0.39, 0.29) is 17.3 Å². The zero-order valence-corrected chi connectivity index (χ0v) is 20.6. The van der Waals surface area contributed by atoms with Crippen LogP contribution in [0.4, 0.5) is 0 Å². The molecular formula is C28H34O4S. The second-order valence-electron chi connectivity index (χ2n) is 11.2. The van der Waals surface area contributed by atoms with E-state index in [1.165, 1.54) is 11.1 Å². The lowest BCUT2D eigenvalue weighted by Crippen LogP contribution is -2.56. The monoisotopic (exact) mass is 466 g/mol. The second kappa shape index (κ2) is 6.85. The standard InChI is InChI=1S/C28H34O4S/c1-18-25(33(30,31)21-7-5-4-6-8-21)27-15-16-28(18,29)26(27,2)14-13-23-22-11-10-20(32-3)17-19(22)9-12-24(23)27/h4-8,10-11,17-18,23-25,29H,9,12-16H2,1-3H3/t18-,23+,24+,25-,26-,27+,28-/m0/s1. The summed E-state index contributed by atoms with van der Waals surface area (Å²) in [6.45, 7) is 4.23. The van der Waals surface area contributed by atoms with Crippen molar-refractivity contribution in [3.63, 3.8) is 0 Å². The SMILES string of the molecule is COc1ccc2c(c1)CC[C@@H]1[C@@H]2CC[C@@]2(C)[C@]13CC[C@]2(O)[C@@H](C)[C@@H]3S(=O)(=O)c1ccccc1. The van der Waals surface area contributed by atoms with Crippen LogP contribution < -0.4 is 4.74 Å². The lowest BCUT2D eigenvalue weighted by Gasteiger charge is -2.58. The molecule has 4 aliphatic rings. The second-order valence-corrected chi connectivity index (χ2v) is 13.3. The van der Waals surface area contributed by atoms with Crippen molar-refractivity contribution in [3.05, 3.63) is 59.7 Å². The maximum atomic E-state index is 14.2. The van der Waals surface area contributed by atoms with E-state index in [2.05, 4.69) is 19.1 Å². The number of hydrogen-bond acceptors (Lipinski definition) is 4. The Hall–Kier alpha value is -1.85. The Balaban J connectivity index is 1.53. The molecule has 1 N–H and O–H groups in total. The molecule has 33 heavy (non-hydrogen) atoms. The van der Waals surface area contributed by atoms with E-state index in [9.17, 15) is 13.5 Å². The summed E-state index contributed by atoms with van der Waals surface area (Å²) < 4.78 is 34.0. The molecule has 0 aliphatic heterocycles. The maximum Gasteiger partial charge on any atom is 0.182 e. The molecule has 0 aromatic heterocycles. The number of rotatable bonds is 3. The van der Waals surface area contributed by atoms with E-state index in [1.807, 2.05) is 31.2 Å². The third-order valence-electron chi connectivity index (χ3n) is 10.6. The number of methoxy groups -OCH3 is 1. The van der Waals surface area contributed by atoms with Gasteiger partial charge in [-0.1, -0.05) is 38.1 Å². The Labute approximate surface area is 197 Å². The van der Waals surface area contributed by atoms with Crippen LogP contribution in [-0.2, 0) is 16.3 Å².